The van der Waals surface area contributed by atoms with E-state index in [0.29, 0.717) is 13.2 Å². The summed E-state index contributed by atoms with van der Waals surface area (Å²) < 4.78 is 5.28. The molecule has 1 aromatic heterocycles. The maximum absolute atomic E-state index is 8.61. The highest BCUT2D eigenvalue weighted by Gasteiger charge is 2.05. The van der Waals surface area contributed by atoms with Crippen LogP contribution in [0.15, 0.2) is 18.9 Å². The fraction of sp³-hybridized carbons (Fsp3) is 0.333. The molecule has 0 saturated carbocycles. The Morgan fingerprint density at radius 1 is 1.60 bits per heavy atom. The van der Waals surface area contributed by atoms with Crippen LogP contribution in [0, 0.1) is 0 Å². The fourth-order valence-corrected chi connectivity index (χ4v) is 1.39. The molecule has 1 heterocycles. The van der Waals surface area contributed by atoms with Gasteiger partial charge in [0.1, 0.15) is 0 Å². The highest BCUT2D eigenvalue weighted by molar-refractivity contribution is 5.65. The largest absolute Gasteiger partial charge is 0.394 e. The van der Waals surface area contributed by atoms with Crippen molar-refractivity contribution in [3.63, 3.8) is 0 Å². The minimum absolute atomic E-state index is 0.0533. The van der Waals surface area contributed by atoms with Crippen molar-refractivity contribution < 1.29 is 9.84 Å². The van der Waals surface area contributed by atoms with E-state index >= 15 is 0 Å². The maximum atomic E-state index is 8.61. The predicted molar refractivity (Wildman–Crippen MR) is 62.3 cm³/mol. The van der Waals surface area contributed by atoms with Gasteiger partial charge in [-0.3, -0.25) is 0 Å². The summed E-state index contributed by atoms with van der Waals surface area (Å²) in [5.41, 5.74) is 3.18. The highest BCUT2D eigenvalue weighted by atomic mass is 16.5. The van der Waals surface area contributed by atoms with Crippen molar-refractivity contribution in [3.8, 4) is 0 Å². The summed E-state index contributed by atoms with van der Waals surface area (Å²) in [6.07, 6.45) is 7.69. The van der Waals surface area contributed by atoms with Gasteiger partial charge < -0.3 is 14.8 Å². The molecule has 1 rings (SSSR count). The van der Waals surface area contributed by atoms with Crippen LogP contribution in [0.3, 0.4) is 0 Å². The average molecular weight is 207 g/mol. The first-order valence-electron chi connectivity index (χ1n) is 4.97. The number of hydrogen-bond donors (Lipinski definition) is 2. The molecule has 0 aliphatic rings. The summed E-state index contributed by atoms with van der Waals surface area (Å²) in [6, 6.07) is 0. The molecule has 82 valence electrons. The second kappa shape index (κ2) is 6.22. The molecule has 0 aliphatic carbocycles. The first kappa shape index (κ1) is 11.8. The standard InChI is InChI=1S/C12H17NO2/c1-3-5-11-10(9-15-7-6-14)8-13-12(11)4-2/h3-5,8,13-14H,2,6-7,9H2,1H3/b5-3-. The van der Waals surface area contributed by atoms with E-state index in [2.05, 4.69) is 11.6 Å². The monoisotopic (exact) mass is 207 g/mol. The van der Waals surface area contributed by atoms with Gasteiger partial charge in [-0.25, -0.2) is 0 Å². The molecular formula is C12H17NO2. The van der Waals surface area contributed by atoms with Crippen molar-refractivity contribution in [3.05, 3.63) is 35.7 Å². The lowest BCUT2D eigenvalue weighted by Crippen LogP contribution is -1.99. The molecule has 0 atom stereocenters. The van der Waals surface area contributed by atoms with Gasteiger partial charge in [0.2, 0.25) is 0 Å². The molecule has 0 spiro atoms. The van der Waals surface area contributed by atoms with Crippen LogP contribution in [0.5, 0.6) is 0 Å². The minimum Gasteiger partial charge on any atom is -0.394 e. The summed E-state index contributed by atoms with van der Waals surface area (Å²) in [5, 5.41) is 8.61. The van der Waals surface area contributed by atoms with Gasteiger partial charge in [0.15, 0.2) is 0 Å². The van der Waals surface area contributed by atoms with Crippen LogP contribution in [-0.4, -0.2) is 23.3 Å². The SMILES string of the molecule is C=Cc1[nH]cc(COCCO)c1/C=C\C. The van der Waals surface area contributed by atoms with Crippen LogP contribution < -0.4 is 0 Å². The van der Waals surface area contributed by atoms with E-state index in [-0.39, 0.29) is 6.61 Å². The van der Waals surface area contributed by atoms with E-state index in [1.165, 1.54) is 0 Å². The molecular weight excluding hydrogens is 190 g/mol. The number of rotatable bonds is 6. The van der Waals surface area contributed by atoms with Crippen molar-refractivity contribution in [2.45, 2.75) is 13.5 Å². The lowest BCUT2D eigenvalue weighted by atomic mass is 10.1. The van der Waals surface area contributed by atoms with Crippen LogP contribution in [0.4, 0.5) is 0 Å². The molecule has 0 fully saturated rings. The van der Waals surface area contributed by atoms with E-state index in [1.807, 2.05) is 25.3 Å². The summed E-state index contributed by atoms with van der Waals surface area (Å²) in [5.74, 6) is 0. The molecule has 0 unspecified atom stereocenters. The van der Waals surface area contributed by atoms with Crippen molar-refractivity contribution in [1.82, 2.24) is 4.98 Å². The number of allylic oxidation sites excluding steroid dienone is 1. The van der Waals surface area contributed by atoms with Crippen molar-refractivity contribution in [2.75, 3.05) is 13.2 Å². The Kier molecular flexibility index (Phi) is 4.87. The van der Waals surface area contributed by atoms with Crippen LogP contribution in [0.1, 0.15) is 23.7 Å². The summed E-state index contributed by atoms with van der Waals surface area (Å²) >= 11 is 0. The number of aliphatic hydroxyl groups excluding tert-OH is 1. The number of H-pyrrole nitrogens is 1. The van der Waals surface area contributed by atoms with E-state index in [4.69, 9.17) is 9.84 Å². The van der Waals surface area contributed by atoms with Crippen molar-refractivity contribution >= 4 is 12.2 Å². The number of aromatic nitrogens is 1. The van der Waals surface area contributed by atoms with Gasteiger partial charge in [-0.2, -0.15) is 0 Å². The normalized spacial score (nSPS) is 11.1. The summed E-state index contributed by atoms with van der Waals surface area (Å²) in [6.45, 7) is 6.63. The van der Waals surface area contributed by atoms with Gasteiger partial charge in [0.05, 0.1) is 19.8 Å². The number of nitrogens with one attached hydrogen (secondary N) is 1. The van der Waals surface area contributed by atoms with Crippen molar-refractivity contribution in [1.29, 1.82) is 0 Å². The third kappa shape index (κ3) is 3.08. The Labute approximate surface area is 90.1 Å². The fourth-order valence-electron chi connectivity index (χ4n) is 1.39. The van der Waals surface area contributed by atoms with Crippen LogP contribution in [0.25, 0.3) is 12.2 Å². The van der Waals surface area contributed by atoms with Gasteiger partial charge in [-0.15, -0.1) is 0 Å². The van der Waals surface area contributed by atoms with Gasteiger partial charge in [0.25, 0.3) is 0 Å². The Bertz CT molecular complexity index is 339. The zero-order valence-electron chi connectivity index (χ0n) is 8.99. The van der Waals surface area contributed by atoms with Crippen LogP contribution >= 0.6 is 0 Å². The zero-order chi connectivity index (χ0) is 11.1. The lowest BCUT2D eigenvalue weighted by Gasteiger charge is -2.02. The topological polar surface area (TPSA) is 45.2 Å². The van der Waals surface area contributed by atoms with Crippen LogP contribution in [-0.2, 0) is 11.3 Å². The molecule has 0 radical (unpaired) electrons. The van der Waals surface area contributed by atoms with E-state index < -0.39 is 0 Å². The van der Waals surface area contributed by atoms with Crippen LogP contribution in [0.2, 0.25) is 0 Å². The molecule has 1 aromatic rings. The third-order valence-electron chi connectivity index (χ3n) is 2.07. The average Bonchev–Trinajstić information content (AvgIpc) is 2.62. The predicted octanol–water partition coefficient (Wildman–Crippen LogP) is 2.20. The smallest absolute Gasteiger partial charge is 0.0738 e. The number of aromatic amines is 1. The van der Waals surface area contributed by atoms with E-state index in [9.17, 15) is 0 Å². The molecule has 3 nitrogen and oxygen atoms in total. The number of aliphatic hydroxyl groups is 1. The molecule has 0 aromatic carbocycles. The molecule has 15 heavy (non-hydrogen) atoms. The quantitative estimate of drug-likeness (QED) is 0.702. The second-order valence-corrected chi connectivity index (χ2v) is 3.12. The Morgan fingerprint density at radius 2 is 2.40 bits per heavy atom. The zero-order valence-corrected chi connectivity index (χ0v) is 8.99. The Balaban J connectivity index is 2.77. The van der Waals surface area contributed by atoms with Gasteiger partial charge in [-0.1, -0.05) is 18.7 Å². The van der Waals surface area contributed by atoms with E-state index in [1.54, 1.807) is 6.08 Å². The first-order valence-corrected chi connectivity index (χ1v) is 4.97. The molecule has 0 aliphatic heterocycles. The van der Waals surface area contributed by atoms with E-state index in [0.717, 1.165) is 16.8 Å². The summed E-state index contributed by atoms with van der Waals surface area (Å²) in [7, 11) is 0. The Morgan fingerprint density at radius 3 is 3.00 bits per heavy atom. The Hall–Kier alpha value is -1.32. The molecule has 3 heteroatoms. The first-order chi connectivity index (χ1) is 7.33. The molecule has 0 bridgehead atoms. The second-order valence-electron chi connectivity index (χ2n) is 3.12. The van der Waals surface area contributed by atoms with Gasteiger partial charge in [0, 0.05) is 23.0 Å². The molecule has 0 amide bonds. The van der Waals surface area contributed by atoms with Crippen molar-refractivity contribution in [2.24, 2.45) is 0 Å². The summed E-state index contributed by atoms with van der Waals surface area (Å²) in [4.78, 5) is 3.12. The van der Waals surface area contributed by atoms with Gasteiger partial charge in [-0.05, 0) is 13.0 Å². The molecule has 0 saturated heterocycles. The maximum Gasteiger partial charge on any atom is 0.0738 e. The lowest BCUT2D eigenvalue weighted by molar-refractivity contribution is 0.0815. The minimum atomic E-state index is 0.0533. The van der Waals surface area contributed by atoms with Gasteiger partial charge >= 0.3 is 0 Å². The number of ether oxygens (including phenoxy) is 1. The third-order valence-corrected chi connectivity index (χ3v) is 2.07. The molecule has 2 N–H and O–H groups in total. The highest BCUT2D eigenvalue weighted by Crippen LogP contribution is 2.18. The number of hydrogen-bond acceptors (Lipinski definition) is 2.